The molecule has 1 aromatic rings. The highest BCUT2D eigenvalue weighted by Gasteiger charge is 1.76. The molecule has 0 fully saturated rings. The van der Waals surface area contributed by atoms with Crippen LogP contribution in [0.2, 0.25) is 0 Å². The van der Waals surface area contributed by atoms with Crippen molar-refractivity contribution in [2.75, 3.05) is 0 Å². The van der Waals surface area contributed by atoms with Gasteiger partial charge in [-0.25, -0.2) is 0 Å². The van der Waals surface area contributed by atoms with Gasteiger partial charge < -0.3 is 4.57 Å². The molecule has 0 aliphatic carbocycles. The standard InChI is InChI=1S/C6H7NO/c1-7-4-2-6(8)3-5-7/h2-5H,1H3. The lowest BCUT2D eigenvalue weighted by molar-refractivity contribution is 0.900. The monoisotopic (exact) mass is 109 g/mol. The molecule has 0 amide bonds. The number of rotatable bonds is 0. The fourth-order valence-electron chi connectivity index (χ4n) is 0.487. The number of aromatic nitrogens is 1. The van der Waals surface area contributed by atoms with Gasteiger partial charge in [-0.15, -0.1) is 0 Å². The van der Waals surface area contributed by atoms with E-state index in [9.17, 15) is 4.79 Å². The lowest BCUT2D eigenvalue weighted by Crippen LogP contribution is -1.98. The van der Waals surface area contributed by atoms with Crippen LogP contribution in [0.4, 0.5) is 0 Å². The topological polar surface area (TPSA) is 22.0 Å². The molecule has 0 saturated heterocycles. The highest BCUT2D eigenvalue weighted by molar-refractivity contribution is 4.92. The van der Waals surface area contributed by atoms with Crippen molar-refractivity contribution in [1.82, 2.24) is 4.57 Å². The summed E-state index contributed by atoms with van der Waals surface area (Å²) in [6.07, 6.45) is 3.45. The largest absolute Gasteiger partial charge is 0.357 e. The third-order valence-electron chi connectivity index (χ3n) is 0.948. The second-order valence-corrected chi connectivity index (χ2v) is 1.70. The molecule has 1 heterocycles. The Labute approximate surface area is 47.4 Å². The van der Waals surface area contributed by atoms with Gasteiger partial charge in [-0.2, -0.15) is 0 Å². The first-order chi connectivity index (χ1) is 3.79. The Hall–Kier alpha value is -1.05. The molecule has 42 valence electrons. The van der Waals surface area contributed by atoms with E-state index in [1.165, 1.54) is 12.1 Å². The summed E-state index contributed by atoms with van der Waals surface area (Å²) in [5.74, 6) is 0. The van der Waals surface area contributed by atoms with E-state index in [0.717, 1.165) is 0 Å². The summed E-state index contributed by atoms with van der Waals surface area (Å²) in [5, 5.41) is 0. The fourth-order valence-corrected chi connectivity index (χ4v) is 0.487. The van der Waals surface area contributed by atoms with Crippen LogP contribution in [0.25, 0.3) is 0 Å². The van der Waals surface area contributed by atoms with Crippen LogP contribution in [0.3, 0.4) is 0 Å². The third-order valence-corrected chi connectivity index (χ3v) is 0.948. The fraction of sp³-hybridized carbons (Fsp3) is 0.167. The molecule has 0 bridgehead atoms. The van der Waals surface area contributed by atoms with E-state index in [1.807, 2.05) is 11.6 Å². The molecule has 0 aliphatic rings. The highest BCUT2D eigenvalue weighted by atomic mass is 16.1. The summed E-state index contributed by atoms with van der Waals surface area (Å²) in [6, 6.07) is 3.06. The Morgan fingerprint density at radius 3 is 2.25 bits per heavy atom. The first kappa shape index (κ1) is 5.09. The van der Waals surface area contributed by atoms with Crippen LogP contribution in [0.5, 0.6) is 0 Å². The normalized spacial score (nSPS) is 9.12. The number of hydrogen-bond acceptors (Lipinski definition) is 1. The van der Waals surface area contributed by atoms with E-state index in [2.05, 4.69) is 0 Å². The average molecular weight is 109 g/mol. The molecular formula is C6H7NO. The molecule has 2 nitrogen and oxygen atoms in total. The van der Waals surface area contributed by atoms with E-state index in [-0.39, 0.29) is 5.43 Å². The molecule has 1 aromatic heterocycles. The second-order valence-electron chi connectivity index (χ2n) is 1.70. The Kier molecular flexibility index (Phi) is 1.16. The maximum Gasteiger partial charge on any atom is 0.181 e. The van der Waals surface area contributed by atoms with Crippen molar-refractivity contribution in [3.63, 3.8) is 0 Å². The van der Waals surface area contributed by atoms with Gasteiger partial charge in [0.05, 0.1) is 0 Å². The summed E-state index contributed by atoms with van der Waals surface area (Å²) in [6.45, 7) is 0. The van der Waals surface area contributed by atoms with Crippen LogP contribution in [0.1, 0.15) is 0 Å². The molecule has 0 spiro atoms. The SMILES string of the molecule is Cn1ccc(=O)cc1. The van der Waals surface area contributed by atoms with Crippen LogP contribution in [0, 0.1) is 0 Å². The molecule has 2 heteroatoms. The minimum atomic E-state index is 0.0584. The van der Waals surface area contributed by atoms with Gasteiger partial charge in [-0.1, -0.05) is 0 Å². The Morgan fingerprint density at radius 2 is 1.88 bits per heavy atom. The molecule has 0 saturated carbocycles. The number of nitrogens with zero attached hydrogens (tertiary/aromatic N) is 1. The van der Waals surface area contributed by atoms with E-state index < -0.39 is 0 Å². The molecule has 1 rings (SSSR count). The van der Waals surface area contributed by atoms with E-state index in [4.69, 9.17) is 0 Å². The number of pyridine rings is 1. The lowest BCUT2D eigenvalue weighted by Gasteiger charge is -1.89. The van der Waals surface area contributed by atoms with Gasteiger partial charge in [0, 0.05) is 31.6 Å². The molecule has 8 heavy (non-hydrogen) atoms. The molecule has 0 aromatic carbocycles. The zero-order valence-electron chi connectivity index (χ0n) is 4.66. The summed E-state index contributed by atoms with van der Waals surface area (Å²) < 4.78 is 1.82. The minimum Gasteiger partial charge on any atom is -0.357 e. The summed E-state index contributed by atoms with van der Waals surface area (Å²) >= 11 is 0. The van der Waals surface area contributed by atoms with Gasteiger partial charge >= 0.3 is 0 Å². The van der Waals surface area contributed by atoms with Crippen molar-refractivity contribution in [3.8, 4) is 0 Å². The molecule has 0 unspecified atom stereocenters. The predicted octanol–water partition coefficient (Wildman–Crippen LogP) is 0.385. The quantitative estimate of drug-likeness (QED) is 0.472. The average Bonchev–Trinajstić information content (AvgIpc) is 1.77. The predicted molar refractivity (Wildman–Crippen MR) is 31.7 cm³/mol. The number of hydrogen-bond donors (Lipinski definition) is 0. The van der Waals surface area contributed by atoms with Crippen molar-refractivity contribution >= 4 is 0 Å². The Balaban J connectivity index is 3.22. The maximum absolute atomic E-state index is 10.4. The Morgan fingerprint density at radius 1 is 1.38 bits per heavy atom. The first-order valence-electron chi connectivity index (χ1n) is 2.41. The van der Waals surface area contributed by atoms with Crippen LogP contribution in [-0.2, 0) is 7.05 Å². The van der Waals surface area contributed by atoms with Gasteiger partial charge in [0.2, 0.25) is 0 Å². The summed E-state index contributed by atoms with van der Waals surface area (Å²) in [7, 11) is 1.87. The number of aryl methyl sites for hydroxylation is 1. The van der Waals surface area contributed by atoms with Gasteiger partial charge in [0.25, 0.3) is 0 Å². The van der Waals surface area contributed by atoms with Crippen LogP contribution in [-0.4, -0.2) is 4.57 Å². The van der Waals surface area contributed by atoms with Crippen LogP contribution < -0.4 is 5.43 Å². The molecule has 0 atom stereocenters. The highest BCUT2D eigenvalue weighted by Crippen LogP contribution is 1.73. The third kappa shape index (κ3) is 0.964. The summed E-state index contributed by atoms with van der Waals surface area (Å²) in [4.78, 5) is 10.4. The van der Waals surface area contributed by atoms with Gasteiger partial charge in [0.1, 0.15) is 0 Å². The first-order valence-corrected chi connectivity index (χ1v) is 2.41. The zero-order valence-corrected chi connectivity index (χ0v) is 4.66. The smallest absolute Gasteiger partial charge is 0.181 e. The maximum atomic E-state index is 10.4. The molecular weight excluding hydrogens is 102 g/mol. The Bertz CT molecular complexity index is 206. The van der Waals surface area contributed by atoms with Crippen molar-refractivity contribution in [2.45, 2.75) is 0 Å². The van der Waals surface area contributed by atoms with E-state index in [1.54, 1.807) is 12.4 Å². The summed E-state index contributed by atoms with van der Waals surface area (Å²) in [5.41, 5.74) is 0.0584. The lowest BCUT2D eigenvalue weighted by atomic mass is 10.5. The molecule has 0 aliphatic heterocycles. The zero-order chi connectivity index (χ0) is 5.98. The van der Waals surface area contributed by atoms with Crippen molar-refractivity contribution in [2.24, 2.45) is 7.05 Å². The van der Waals surface area contributed by atoms with Crippen molar-refractivity contribution in [3.05, 3.63) is 34.7 Å². The van der Waals surface area contributed by atoms with Gasteiger partial charge in [-0.05, 0) is 0 Å². The second kappa shape index (κ2) is 1.82. The van der Waals surface area contributed by atoms with Crippen molar-refractivity contribution in [1.29, 1.82) is 0 Å². The molecule has 0 N–H and O–H groups in total. The van der Waals surface area contributed by atoms with Crippen molar-refractivity contribution < 1.29 is 0 Å². The molecule has 0 radical (unpaired) electrons. The van der Waals surface area contributed by atoms with Gasteiger partial charge in [-0.3, -0.25) is 4.79 Å². The minimum absolute atomic E-state index is 0.0584. The van der Waals surface area contributed by atoms with E-state index >= 15 is 0 Å². The van der Waals surface area contributed by atoms with Gasteiger partial charge in [0.15, 0.2) is 5.43 Å². The van der Waals surface area contributed by atoms with Crippen LogP contribution in [0.15, 0.2) is 29.3 Å². The van der Waals surface area contributed by atoms with Crippen LogP contribution >= 0.6 is 0 Å². The van der Waals surface area contributed by atoms with E-state index in [0.29, 0.717) is 0 Å².